The summed E-state index contributed by atoms with van der Waals surface area (Å²) in [7, 11) is 0. The first-order valence-corrected chi connectivity index (χ1v) is 9.26. The predicted molar refractivity (Wildman–Crippen MR) is 112 cm³/mol. The molecule has 0 saturated carbocycles. The van der Waals surface area contributed by atoms with Gasteiger partial charge in [-0.1, -0.05) is 49.7 Å². The number of ether oxygens (including phenoxy) is 1. The third-order valence-corrected chi connectivity index (χ3v) is 5.28. The molecule has 1 saturated heterocycles. The van der Waals surface area contributed by atoms with Gasteiger partial charge in [-0.2, -0.15) is 0 Å². The molecule has 1 aliphatic rings. The average Bonchev–Trinajstić information content (AvgIpc) is 2.63. The Morgan fingerprint density at radius 3 is 2.56 bits per heavy atom. The fraction of sp³-hybridized carbons (Fsp3) is 0.381. The zero-order chi connectivity index (χ0) is 18.7. The molecule has 1 heterocycles. The number of carbonyl (C=O) groups excluding carboxylic acids is 1. The summed E-state index contributed by atoms with van der Waals surface area (Å²) in [4.78, 5) is 14.9. The fourth-order valence-electron chi connectivity index (χ4n) is 3.23. The second-order valence-electron chi connectivity index (χ2n) is 7.52. The van der Waals surface area contributed by atoms with E-state index in [1.165, 1.54) is 0 Å². The van der Waals surface area contributed by atoms with Gasteiger partial charge in [0.25, 0.3) is 5.91 Å². The highest BCUT2D eigenvalue weighted by atomic mass is 35.5. The van der Waals surface area contributed by atoms with Crippen molar-refractivity contribution in [2.45, 2.75) is 32.9 Å². The van der Waals surface area contributed by atoms with Crippen LogP contribution in [-0.2, 0) is 6.61 Å². The topological polar surface area (TPSA) is 55.6 Å². The molecule has 0 bridgehead atoms. The molecule has 0 spiro atoms. The van der Waals surface area contributed by atoms with Crippen LogP contribution < -0.4 is 10.5 Å². The number of carbonyl (C=O) groups is 1. The number of nitrogens with two attached hydrogens (primary N) is 1. The number of nitrogens with zero attached hydrogens (tertiary/aromatic N) is 1. The first kappa shape index (κ1) is 21.5. The van der Waals surface area contributed by atoms with Crippen molar-refractivity contribution in [3.05, 3.63) is 64.7 Å². The van der Waals surface area contributed by atoms with Gasteiger partial charge in [-0.3, -0.25) is 4.79 Å². The van der Waals surface area contributed by atoms with Crippen LogP contribution >= 0.6 is 24.0 Å². The highest BCUT2D eigenvalue weighted by molar-refractivity contribution is 6.30. The summed E-state index contributed by atoms with van der Waals surface area (Å²) in [6, 6.07) is 15.0. The van der Waals surface area contributed by atoms with Gasteiger partial charge in [0.05, 0.1) is 5.56 Å². The van der Waals surface area contributed by atoms with Crippen molar-refractivity contribution in [3.63, 3.8) is 0 Å². The molecule has 0 aliphatic carbocycles. The molecule has 1 unspecified atom stereocenters. The van der Waals surface area contributed by atoms with Gasteiger partial charge in [0.1, 0.15) is 12.4 Å². The molecule has 4 nitrogen and oxygen atoms in total. The lowest BCUT2D eigenvalue weighted by Crippen LogP contribution is -2.54. The first-order valence-electron chi connectivity index (χ1n) is 8.88. The molecule has 0 aromatic heterocycles. The second kappa shape index (κ2) is 8.96. The van der Waals surface area contributed by atoms with Crippen LogP contribution in [0.5, 0.6) is 5.75 Å². The van der Waals surface area contributed by atoms with E-state index in [-0.39, 0.29) is 29.8 Å². The molecule has 146 valence electrons. The molecule has 6 heteroatoms. The Balaban J connectivity index is 0.00000261. The van der Waals surface area contributed by atoms with E-state index in [1.54, 1.807) is 0 Å². The fourth-order valence-corrected chi connectivity index (χ4v) is 3.35. The molecule has 0 radical (unpaired) electrons. The van der Waals surface area contributed by atoms with E-state index < -0.39 is 0 Å². The van der Waals surface area contributed by atoms with E-state index in [9.17, 15) is 4.79 Å². The minimum Gasteiger partial charge on any atom is -0.488 e. The zero-order valence-electron chi connectivity index (χ0n) is 15.7. The molecule has 1 amide bonds. The van der Waals surface area contributed by atoms with Crippen LogP contribution in [0.4, 0.5) is 0 Å². The Bertz CT molecular complexity index is 778. The van der Waals surface area contributed by atoms with Crippen molar-refractivity contribution in [2.75, 3.05) is 13.1 Å². The summed E-state index contributed by atoms with van der Waals surface area (Å²) in [6.45, 7) is 5.94. The summed E-state index contributed by atoms with van der Waals surface area (Å²) in [5, 5.41) is 0.690. The predicted octanol–water partition coefficient (Wildman–Crippen LogP) is 4.54. The first-order chi connectivity index (χ1) is 12.4. The molecule has 1 aliphatic heterocycles. The Kier molecular flexibility index (Phi) is 7.15. The summed E-state index contributed by atoms with van der Waals surface area (Å²) < 4.78 is 5.93. The highest BCUT2D eigenvalue weighted by Crippen LogP contribution is 2.30. The standard InChI is InChI=1S/C21H25ClN2O2.ClH/c1-21(2)14-24(12-11-19(21)23)20(25)17-5-3-4-6-18(17)26-13-15-7-9-16(22)10-8-15;/h3-10,19H,11-14,23H2,1-2H3;1H. The van der Waals surface area contributed by atoms with Crippen LogP contribution in [0.3, 0.4) is 0 Å². The van der Waals surface area contributed by atoms with Crippen LogP contribution in [0.15, 0.2) is 48.5 Å². The molecular weight excluding hydrogens is 383 g/mol. The lowest BCUT2D eigenvalue weighted by atomic mass is 9.79. The van der Waals surface area contributed by atoms with Gasteiger partial charge in [0, 0.05) is 24.2 Å². The summed E-state index contributed by atoms with van der Waals surface area (Å²) in [6.07, 6.45) is 0.812. The second-order valence-corrected chi connectivity index (χ2v) is 7.96. The van der Waals surface area contributed by atoms with Gasteiger partial charge < -0.3 is 15.4 Å². The average molecular weight is 409 g/mol. The largest absolute Gasteiger partial charge is 0.488 e. The molecule has 27 heavy (non-hydrogen) atoms. The molecule has 2 N–H and O–H groups in total. The van der Waals surface area contributed by atoms with E-state index in [1.807, 2.05) is 53.4 Å². The number of para-hydroxylation sites is 1. The minimum absolute atomic E-state index is 0. The molecule has 1 fully saturated rings. The van der Waals surface area contributed by atoms with Gasteiger partial charge in [-0.25, -0.2) is 0 Å². The van der Waals surface area contributed by atoms with Crippen LogP contribution in [0.2, 0.25) is 5.02 Å². The maximum absolute atomic E-state index is 13.1. The summed E-state index contributed by atoms with van der Waals surface area (Å²) >= 11 is 5.92. The SMILES string of the molecule is CC1(C)CN(C(=O)c2ccccc2OCc2ccc(Cl)cc2)CCC1N.Cl. The van der Waals surface area contributed by atoms with Gasteiger partial charge in [0.2, 0.25) is 0 Å². The van der Waals surface area contributed by atoms with Crippen LogP contribution in [0, 0.1) is 5.41 Å². The number of piperidine rings is 1. The van der Waals surface area contributed by atoms with Crippen LogP contribution in [-0.4, -0.2) is 29.9 Å². The van der Waals surface area contributed by atoms with Crippen molar-refractivity contribution >= 4 is 29.9 Å². The lowest BCUT2D eigenvalue weighted by Gasteiger charge is -2.42. The van der Waals surface area contributed by atoms with Crippen molar-refractivity contribution in [3.8, 4) is 5.75 Å². The molecule has 1 atom stereocenters. The number of hydrogen-bond acceptors (Lipinski definition) is 3. The Morgan fingerprint density at radius 1 is 1.22 bits per heavy atom. The number of benzene rings is 2. The number of hydrogen-bond donors (Lipinski definition) is 1. The monoisotopic (exact) mass is 408 g/mol. The molecule has 3 rings (SSSR count). The van der Waals surface area contributed by atoms with E-state index in [0.29, 0.717) is 36.0 Å². The number of halogens is 2. The van der Waals surface area contributed by atoms with E-state index >= 15 is 0 Å². The lowest BCUT2D eigenvalue weighted by molar-refractivity contribution is 0.0528. The van der Waals surface area contributed by atoms with Crippen molar-refractivity contribution in [1.29, 1.82) is 0 Å². The van der Waals surface area contributed by atoms with Crippen molar-refractivity contribution < 1.29 is 9.53 Å². The van der Waals surface area contributed by atoms with Crippen molar-refractivity contribution in [1.82, 2.24) is 4.90 Å². The highest BCUT2D eigenvalue weighted by Gasteiger charge is 2.36. The maximum atomic E-state index is 13.1. The van der Waals surface area contributed by atoms with Gasteiger partial charge in [-0.05, 0) is 41.7 Å². The third kappa shape index (κ3) is 5.16. The minimum atomic E-state index is -0.0903. The van der Waals surface area contributed by atoms with E-state index in [4.69, 9.17) is 22.1 Å². The van der Waals surface area contributed by atoms with Gasteiger partial charge >= 0.3 is 0 Å². The molecule has 2 aromatic carbocycles. The van der Waals surface area contributed by atoms with E-state index in [2.05, 4.69) is 13.8 Å². The number of rotatable bonds is 4. The summed E-state index contributed by atoms with van der Waals surface area (Å²) in [5.74, 6) is 0.594. The maximum Gasteiger partial charge on any atom is 0.257 e. The van der Waals surface area contributed by atoms with Gasteiger partial charge in [0.15, 0.2) is 0 Å². The normalized spacial score (nSPS) is 18.5. The Hall–Kier alpha value is -1.75. The van der Waals surface area contributed by atoms with E-state index in [0.717, 1.165) is 12.0 Å². The van der Waals surface area contributed by atoms with Gasteiger partial charge in [-0.15, -0.1) is 12.4 Å². The quantitative estimate of drug-likeness (QED) is 0.807. The summed E-state index contributed by atoms with van der Waals surface area (Å²) in [5.41, 5.74) is 7.70. The number of likely N-dealkylation sites (tertiary alicyclic amines) is 1. The molecule has 2 aromatic rings. The molecular formula is C21H26Cl2N2O2. The smallest absolute Gasteiger partial charge is 0.257 e. The zero-order valence-corrected chi connectivity index (χ0v) is 17.2. The third-order valence-electron chi connectivity index (χ3n) is 5.02. The van der Waals surface area contributed by atoms with Crippen molar-refractivity contribution in [2.24, 2.45) is 11.1 Å². The van der Waals surface area contributed by atoms with Crippen LogP contribution in [0.1, 0.15) is 36.2 Å². The Morgan fingerprint density at radius 2 is 1.89 bits per heavy atom. The Labute approximate surface area is 172 Å². The number of amides is 1. The van der Waals surface area contributed by atoms with Crippen LogP contribution in [0.25, 0.3) is 0 Å².